The molecule has 0 amide bonds. The number of carbonyl (C=O) groups is 2. The Morgan fingerprint density at radius 2 is 1.67 bits per heavy atom. The van der Waals surface area contributed by atoms with Crippen molar-refractivity contribution in [3.05, 3.63) is 0 Å². The van der Waals surface area contributed by atoms with Gasteiger partial charge in [-0.25, -0.2) is 0 Å². The Morgan fingerprint density at radius 1 is 1.07 bits per heavy atom. The van der Waals surface area contributed by atoms with Crippen molar-refractivity contribution in [2.45, 2.75) is 39.0 Å². The van der Waals surface area contributed by atoms with Crippen molar-refractivity contribution in [1.82, 2.24) is 0 Å². The fourth-order valence-corrected chi connectivity index (χ4v) is 2.63. The summed E-state index contributed by atoms with van der Waals surface area (Å²) in [7, 11) is 0. The molecule has 0 aromatic carbocycles. The quantitative estimate of drug-likeness (QED) is 0.776. The number of carbonyl (C=O) groups excluding carboxylic acids is 1. The zero-order valence-electron chi connectivity index (χ0n) is 9.11. The highest BCUT2D eigenvalue weighted by Gasteiger charge is 2.49. The number of rotatable bonds is 3. The maximum Gasteiger partial charge on any atom is 0.307 e. The van der Waals surface area contributed by atoms with E-state index in [0.29, 0.717) is 6.42 Å². The monoisotopic (exact) mass is 210 g/mol. The summed E-state index contributed by atoms with van der Waals surface area (Å²) in [5.74, 6) is -0.177. The van der Waals surface area contributed by atoms with Crippen LogP contribution in [0, 0.1) is 23.7 Å². The number of Topliss-reactive ketones (excluding diaryl/α,β-unsaturated/α-hetero) is 1. The molecule has 2 rings (SSSR count). The molecule has 0 heterocycles. The molecular formula is C12H18O3. The second-order valence-electron chi connectivity index (χ2n) is 5.15. The van der Waals surface area contributed by atoms with Gasteiger partial charge < -0.3 is 5.11 Å². The van der Waals surface area contributed by atoms with Gasteiger partial charge in [-0.1, -0.05) is 19.8 Å². The van der Waals surface area contributed by atoms with Gasteiger partial charge in [-0.05, 0) is 25.2 Å². The number of hydrogen-bond acceptors (Lipinski definition) is 2. The smallest absolute Gasteiger partial charge is 0.307 e. The number of ketones is 1. The lowest BCUT2D eigenvalue weighted by Gasteiger charge is -2.25. The molecule has 15 heavy (non-hydrogen) atoms. The summed E-state index contributed by atoms with van der Waals surface area (Å²) >= 11 is 0. The molecule has 2 saturated carbocycles. The first-order valence-electron chi connectivity index (χ1n) is 5.86. The third-order valence-electron chi connectivity index (χ3n) is 3.89. The number of carboxylic acids is 1. The Labute approximate surface area is 89.9 Å². The Balaban J connectivity index is 1.85. The van der Waals surface area contributed by atoms with Crippen LogP contribution in [0.4, 0.5) is 0 Å². The van der Waals surface area contributed by atoms with Gasteiger partial charge in [0.05, 0.1) is 5.92 Å². The average Bonchev–Trinajstić information content (AvgIpc) is 2.97. The van der Waals surface area contributed by atoms with Crippen LogP contribution in [0.5, 0.6) is 0 Å². The van der Waals surface area contributed by atoms with E-state index in [1.807, 2.05) is 0 Å². The molecule has 1 N–H and O–H groups in total. The van der Waals surface area contributed by atoms with Crippen molar-refractivity contribution in [2.24, 2.45) is 23.7 Å². The van der Waals surface area contributed by atoms with Crippen LogP contribution in [-0.2, 0) is 9.59 Å². The third kappa shape index (κ3) is 2.21. The molecule has 2 aliphatic rings. The lowest BCUT2D eigenvalue weighted by Crippen LogP contribution is -2.23. The van der Waals surface area contributed by atoms with Crippen LogP contribution in [0.2, 0.25) is 0 Å². The Hall–Kier alpha value is -0.860. The second kappa shape index (κ2) is 3.95. The van der Waals surface area contributed by atoms with Gasteiger partial charge >= 0.3 is 5.97 Å². The van der Waals surface area contributed by atoms with Gasteiger partial charge in [-0.15, -0.1) is 0 Å². The SMILES string of the molecule is C[C@H]1CC[C@H](C(=O)[C@H]2C[C@H]2C(=O)O)CC1. The Kier molecular flexibility index (Phi) is 2.81. The molecule has 84 valence electrons. The number of hydrogen-bond donors (Lipinski definition) is 1. The van der Waals surface area contributed by atoms with E-state index in [9.17, 15) is 9.59 Å². The summed E-state index contributed by atoms with van der Waals surface area (Å²) in [6.07, 6.45) is 4.79. The van der Waals surface area contributed by atoms with Crippen molar-refractivity contribution in [3.63, 3.8) is 0 Å². The maximum absolute atomic E-state index is 11.9. The Bertz CT molecular complexity index is 277. The first-order valence-corrected chi connectivity index (χ1v) is 5.86. The van der Waals surface area contributed by atoms with E-state index in [2.05, 4.69) is 6.92 Å². The molecular weight excluding hydrogens is 192 g/mol. The van der Waals surface area contributed by atoms with E-state index in [1.165, 1.54) is 0 Å². The van der Waals surface area contributed by atoms with Crippen LogP contribution in [0.1, 0.15) is 39.0 Å². The van der Waals surface area contributed by atoms with Crippen molar-refractivity contribution < 1.29 is 14.7 Å². The summed E-state index contributed by atoms with van der Waals surface area (Å²) < 4.78 is 0. The standard InChI is InChI=1S/C12H18O3/c1-7-2-4-8(5-3-7)11(13)9-6-10(9)12(14)15/h7-10H,2-6H2,1H3,(H,14,15)/t7-,8-,9-,10+/m0/s1. The highest BCUT2D eigenvalue weighted by atomic mass is 16.4. The maximum atomic E-state index is 11.9. The highest BCUT2D eigenvalue weighted by Crippen LogP contribution is 2.43. The molecule has 0 bridgehead atoms. The van der Waals surface area contributed by atoms with Gasteiger partial charge in [0.2, 0.25) is 0 Å². The minimum atomic E-state index is -0.794. The van der Waals surface area contributed by atoms with E-state index in [1.54, 1.807) is 0 Å². The Morgan fingerprint density at radius 3 is 2.13 bits per heavy atom. The molecule has 3 heteroatoms. The normalized spacial score (nSPS) is 39.8. The zero-order valence-corrected chi connectivity index (χ0v) is 9.11. The molecule has 0 aromatic heterocycles. The van der Waals surface area contributed by atoms with Gasteiger partial charge in [-0.2, -0.15) is 0 Å². The molecule has 0 saturated heterocycles. The van der Waals surface area contributed by atoms with E-state index >= 15 is 0 Å². The van der Waals surface area contributed by atoms with Crippen LogP contribution >= 0.6 is 0 Å². The van der Waals surface area contributed by atoms with Gasteiger partial charge in [0.1, 0.15) is 5.78 Å². The lowest BCUT2D eigenvalue weighted by molar-refractivity contribution is -0.140. The van der Waals surface area contributed by atoms with Gasteiger partial charge in [0.15, 0.2) is 0 Å². The van der Waals surface area contributed by atoms with Gasteiger partial charge in [-0.3, -0.25) is 9.59 Å². The first kappa shape index (κ1) is 10.7. The highest BCUT2D eigenvalue weighted by molar-refractivity contribution is 5.92. The minimum Gasteiger partial charge on any atom is -0.481 e. The van der Waals surface area contributed by atoms with Crippen molar-refractivity contribution >= 4 is 11.8 Å². The molecule has 2 fully saturated rings. The van der Waals surface area contributed by atoms with Crippen molar-refractivity contribution in [2.75, 3.05) is 0 Å². The molecule has 2 aliphatic carbocycles. The largest absolute Gasteiger partial charge is 0.481 e. The van der Waals surface area contributed by atoms with Crippen LogP contribution < -0.4 is 0 Å². The van der Waals surface area contributed by atoms with Crippen LogP contribution in [0.3, 0.4) is 0 Å². The lowest BCUT2D eigenvalue weighted by atomic mass is 9.79. The third-order valence-corrected chi connectivity index (χ3v) is 3.89. The van der Waals surface area contributed by atoms with Crippen LogP contribution in [0.15, 0.2) is 0 Å². The molecule has 0 aliphatic heterocycles. The summed E-state index contributed by atoms with van der Waals surface area (Å²) in [5, 5.41) is 8.76. The second-order valence-corrected chi connectivity index (χ2v) is 5.15. The van der Waals surface area contributed by atoms with E-state index < -0.39 is 5.97 Å². The number of aliphatic carboxylic acids is 1. The fourth-order valence-electron chi connectivity index (χ4n) is 2.63. The van der Waals surface area contributed by atoms with Gasteiger partial charge in [0, 0.05) is 11.8 Å². The molecule has 3 nitrogen and oxygen atoms in total. The summed E-state index contributed by atoms with van der Waals surface area (Å²) in [5.41, 5.74) is 0. The van der Waals surface area contributed by atoms with E-state index in [-0.39, 0.29) is 23.5 Å². The van der Waals surface area contributed by atoms with Crippen LogP contribution in [-0.4, -0.2) is 16.9 Å². The molecule has 0 unspecified atom stereocenters. The number of carboxylic acid groups (broad SMARTS) is 1. The van der Waals surface area contributed by atoms with Crippen molar-refractivity contribution in [3.8, 4) is 0 Å². The van der Waals surface area contributed by atoms with Crippen molar-refractivity contribution in [1.29, 1.82) is 0 Å². The molecule has 0 spiro atoms. The zero-order chi connectivity index (χ0) is 11.0. The summed E-state index contributed by atoms with van der Waals surface area (Å²) in [4.78, 5) is 22.6. The minimum absolute atomic E-state index is 0.152. The van der Waals surface area contributed by atoms with Crippen LogP contribution in [0.25, 0.3) is 0 Å². The average molecular weight is 210 g/mol. The van der Waals surface area contributed by atoms with Gasteiger partial charge in [0.25, 0.3) is 0 Å². The molecule has 0 radical (unpaired) electrons. The fraction of sp³-hybridized carbons (Fsp3) is 0.833. The van der Waals surface area contributed by atoms with E-state index in [4.69, 9.17) is 5.11 Å². The summed E-state index contributed by atoms with van der Waals surface area (Å²) in [6, 6.07) is 0. The molecule has 2 atom stereocenters. The predicted octanol–water partition coefficient (Wildman–Crippen LogP) is 2.10. The summed E-state index contributed by atoms with van der Waals surface area (Å²) in [6.45, 7) is 2.22. The first-order chi connectivity index (χ1) is 7.09. The van der Waals surface area contributed by atoms with E-state index in [0.717, 1.165) is 31.6 Å². The molecule has 0 aromatic rings. The topological polar surface area (TPSA) is 54.4 Å². The predicted molar refractivity (Wildman–Crippen MR) is 55.4 cm³/mol.